The van der Waals surface area contributed by atoms with Crippen LogP contribution in [-0.2, 0) is 0 Å². The Balaban J connectivity index is 2.34. The first kappa shape index (κ1) is 12.3. The molecule has 0 aromatic heterocycles. The van der Waals surface area contributed by atoms with E-state index in [2.05, 4.69) is 26.0 Å². The van der Waals surface area contributed by atoms with Gasteiger partial charge in [-0.1, -0.05) is 38.1 Å². The van der Waals surface area contributed by atoms with Crippen LogP contribution in [0.4, 0.5) is 4.39 Å². The van der Waals surface area contributed by atoms with Gasteiger partial charge in [-0.15, -0.1) is 0 Å². The molecule has 0 bridgehead atoms. The summed E-state index contributed by atoms with van der Waals surface area (Å²) in [6, 6.07) is 6.68. The largest absolute Gasteiger partial charge is 0.396 e. The molecule has 1 aromatic rings. The summed E-state index contributed by atoms with van der Waals surface area (Å²) >= 11 is 0. The highest BCUT2D eigenvalue weighted by atomic mass is 19.1. The lowest BCUT2D eigenvalue weighted by atomic mass is 9.69. The molecule has 0 heterocycles. The number of aliphatic hydroxyl groups excluding tert-OH is 1. The van der Waals surface area contributed by atoms with Crippen LogP contribution in [0.25, 0.3) is 0 Å². The van der Waals surface area contributed by atoms with Crippen molar-refractivity contribution in [2.45, 2.75) is 19.8 Å². The van der Waals surface area contributed by atoms with E-state index in [0.717, 1.165) is 5.56 Å². The van der Waals surface area contributed by atoms with Gasteiger partial charge >= 0.3 is 0 Å². The molecule has 0 saturated carbocycles. The molecular formula is C15H19FO. The Labute approximate surface area is 102 Å². The van der Waals surface area contributed by atoms with E-state index >= 15 is 0 Å². The summed E-state index contributed by atoms with van der Waals surface area (Å²) in [6.07, 6.45) is 4.37. The van der Waals surface area contributed by atoms with E-state index in [-0.39, 0.29) is 24.3 Å². The van der Waals surface area contributed by atoms with Crippen LogP contribution in [0, 0.1) is 23.6 Å². The van der Waals surface area contributed by atoms with E-state index in [4.69, 9.17) is 0 Å². The second kappa shape index (κ2) is 5.01. The summed E-state index contributed by atoms with van der Waals surface area (Å²) in [7, 11) is 0. The standard InChI is InChI=1S/C15H19FO/c1-10-3-4-11(2)15(14(10)9-17)12-5-7-13(16)8-6-12/h3-8,10-11,14-15,17H,9H2,1-2H3. The first-order valence-electron chi connectivity index (χ1n) is 6.18. The van der Waals surface area contributed by atoms with Crippen molar-refractivity contribution in [1.82, 2.24) is 0 Å². The molecule has 1 aromatic carbocycles. The first-order valence-corrected chi connectivity index (χ1v) is 6.18. The lowest BCUT2D eigenvalue weighted by molar-refractivity contribution is 0.153. The summed E-state index contributed by atoms with van der Waals surface area (Å²) in [5.74, 6) is 1.04. The van der Waals surface area contributed by atoms with Crippen LogP contribution < -0.4 is 0 Å². The molecule has 1 nitrogen and oxygen atoms in total. The molecule has 17 heavy (non-hydrogen) atoms. The highest BCUT2D eigenvalue weighted by Crippen LogP contribution is 2.40. The summed E-state index contributed by atoms with van der Waals surface area (Å²) < 4.78 is 12.9. The molecule has 4 atom stereocenters. The van der Waals surface area contributed by atoms with Gasteiger partial charge in [-0.3, -0.25) is 0 Å². The monoisotopic (exact) mass is 234 g/mol. The van der Waals surface area contributed by atoms with Crippen molar-refractivity contribution in [3.05, 3.63) is 47.8 Å². The van der Waals surface area contributed by atoms with Gasteiger partial charge in [-0.05, 0) is 41.4 Å². The van der Waals surface area contributed by atoms with Crippen LogP contribution in [0.15, 0.2) is 36.4 Å². The molecule has 1 aliphatic carbocycles. The van der Waals surface area contributed by atoms with Gasteiger partial charge < -0.3 is 5.11 Å². The van der Waals surface area contributed by atoms with Gasteiger partial charge in [0.1, 0.15) is 5.82 Å². The molecular weight excluding hydrogens is 215 g/mol. The van der Waals surface area contributed by atoms with Gasteiger partial charge in [0.05, 0.1) is 0 Å². The number of halogens is 1. The minimum atomic E-state index is -0.207. The Morgan fingerprint density at radius 2 is 1.65 bits per heavy atom. The van der Waals surface area contributed by atoms with Gasteiger partial charge in [0.15, 0.2) is 0 Å². The van der Waals surface area contributed by atoms with E-state index in [1.807, 2.05) is 12.1 Å². The van der Waals surface area contributed by atoms with E-state index in [9.17, 15) is 9.50 Å². The topological polar surface area (TPSA) is 20.2 Å². The van der Waals surface area contributed by atoms with Crippen molar-refractivity contribution >= 4 is 0 Å². The number of hydrogen-bond donors (Lipinski definition) is 1. The van der Waals surface area contributed by atoms with Crippen LogP contribution in [0.1, 0.15) is 25.3 Å². The third-order valence-electron chi connectivity index (χ3n) is 3.89. The maximum Gasteiger partial charge on any atom is 0.123 e. The lowest BCUT2D eigenvalue weighted by Gasteiger charge is -2.36. The number of hydrogen-bond acceptors (Lipinski definition) is 1. The Bertz CT molecular complexity index is 396. The van der Waals surface area contributed by atoms with Crippen LogP contribution in [0.5, 0.6) is 0 Å². The second-order valence-corrected chi connectivity index (χ2v) is 5.03. The van der Waals surface area contributed by atoms with Gasteiger partial charge in [0.25, 0.3) is 0 Å². The molecule has 0 amide bonds. The third kappa shape index (κ3) is 2.42. The van der Waals surface area contributed by atoms with Gasteiger partial charge in [0.2, 0.25) is 0 Å². The average Bonchev–Trinajstić information content (AvgIpc) is 2.33. The maximum atomic E-state index is 12.9. The molecule has 0 saturated heterocycles. The Morgan fingerprint density at radius 3 is 2.24 bits per heavy atom. The zero-order valence-corrected chi connectivity index (χ0v) is 10.3. The average molecular weight is 234 g/mol. The zero-order valence-electron chi connectivity index (χ0n) is 10.3. The van der Waals surface area contributed by atoms with Gasteiger partial charge in [0, 0.05) is 6.61 Å². The molecule has 0 fully saturated rings. The number of rotatable bonds is 2. The molecule has 0 spiro atoms. The van der Waals surface area contributed by atoms with Crippen LogP contribution >= 0.6 is 0 Å². The van der Waals surface area contributed by atoms with Crippen molar-refractivity contribution in [2.24, 2.45) is 17.8 Å². The predicted molar refractivity (Wildman–Crippen MR) is 67.2 cm³/mol. The summed E-state index contributed by atoms with van der Waals surface area (Å²) in [5.41, 5.74) is 1.12. The van der Waals surface area contributed by atoms with E-state index in [1.165, 1.54) is 12.1 Å². The minimum absolute atomic E-state index is 0.178. The molecule has 92 valence electrons. The van der Waals surface area contributed by atoms with E-state index in [1.54, 1.807) is 0 Å². The molecule has 1 aliphatic rings. The summed E-state index contributed by atoms with van der Waals surface area (Å²) in [6.45, 7) is 4.46. The van der Waals surface area contributed by atoms with Crippen molar-refractivity contribution in [1.29, 1.82) is 0 Å². The zero-order chi connectivity index (χ0) is 12.4. The summed E-state index contributed by atoms with van der Waals surface area (Å²) in [4.78, 5) is 0. The van der Waals surface area contributed by atoms with Crippen molar-refractivity contribution < 1.29 is 9.50 Å². The van der Waals surface area contributed by atoms with Crippen LogP contribution in [-0.4, -0.2) is 11.7 Å². The molecule has 2 rings (SSSR count). The Kier molecular flexibility index (Phi) is 3.63. The fraction of sp³-hybridized carbons (Fsp3) is 0.467. The molecule has 4 unspecified atom stereocenters. The maximum absolute atomic E-state index is 12.9. The molecule has 2 heteroatoms. The lowest BCUT2D eigenvalue weighted by Crippen LogP contribution is -2.30. The van der Waals surface area contributed by atoms with Crippen molar-refractivity contribution in [3.8, 4) is 0 Å². The number of benzene rings is 1. The third-order valence-corrected chi connectivity index (χ3v) is 3.89. The first-order chi connectivity index (χ1) is 8.13. The fourth-order valence-electron chi connectivity index (χ4n) is 2.85. The van der Waals surface area contributed by atoms with Crippen LogP contribution in [0.2, 0.25) is 0 Å². The normalized spacial score (nSPS) is 32.7. The smallest absolute Gasteiger partial charge is 0.123 e. The Morgan fingerprint density at radius 1 is 1.06 bits per heavy atom. The van der Waals surface area contributed by atoms with Gasteiger partial charge in [-0.25, -0.2) is 4.39 Å². The predicted octanol–water partition coefficient (Wildman–Crippen LogP) is 3.36. The fourth-order valence-corrected chi connectivity index (χ4v) is 2.85. The number of allylic oxidation sites excluding steroid dienone is 2. The van der Waals surface area contributed by atoms with Crippen molar-refractivity contribution in [3.63, 3.8) is 0 Å². The Hall–Kier alpha value is -1.15. The molecule has 0 aliphatic heterocycles. The van der Waals surface area contributed by atoms with Crippen molar-refractivity contribution in [2.75, 3.05) is 6.61 Å². The minimum Gasteiger partial charge on any atom is -0.396 e. The SMILES string of the molecule is CC1C=CC(C)C(c2ccc(F)cc2)C1CO. The highest BCUT2D eigenvalue weighted by molar-refractivity contribution is 5.25. The highest BCUT2D eigenvalue weighted by Gasteiger charge is 2.32. The van der Waals surface area contributed by atoms with Crippen LogP contribution in [0.3, 0.4) is 0 Å². The molecule has 1 N–H and O–H groups in total. The molecule has 0 radical (unpaired) electrons. The summed E-state index contributed by atoms with van der Waals surface area (Å²) in [5, 5.41) is 9.56. The van der Waals surface area contributed by atoms with Gasteiger partial charge in [-0.2, -0.15) is 0 Å². The van der Waals surface area contributed by atoms with E-state index < -0.39 is 0 Å². The second-order valence-electron chi connectivity index (χ2n) is 5.03. The number of aliphatic hydroxyl groups is 1. The quantitative estimate of drug-likeness (QED) is 0.778. The van der Waals surface area contributed by atoms with E-state index in [0.29, 0.717) is 11.8 Å².